The monoisotopic (exact) mass is 245 g/mol. The Hall–Kier alpha value is -1.83. The minimum atomic E-state index is -2.13. The lowest BCUT2D eigenvalue weighted by Crippen LogP contribution is -2.55. The van der Waals surface area contributed by atoms with Crippen molar-refractivity contribution in [2.24, 2.45) is 0 Å². The van der Waals surface area contributed by atoms with Gasteiger partial charge in [-0.05, 0) is 20.8 Å². The summed E-state index contributed by atoms with van der Waals surface area (Å²) in [6, 6.07) is -0.816. The Bertz CT molecular complexity index is 362. The van der Waals surface area contributed by atoms with Crippen LogP contribution in [-0.4, -0.2) is 41.0 Å². The average Bonchev–Trinajstić information content (AvgIpc) is 2.35. The van der Waals surface area contributed by atoms with Crippen molar-refractivity contribution in [1.82, 2.24) is 16.0 Å². The van der Waals surface area contributed by atoms with Crippen molar-refractivity contribution in [3.05, 3.63) is 0 Å². The first-order valence-corrected chi connectivity index (χ1v) is 4.95. The largest absolute Gasteiger partial charge is 0.444 e. The molecule has 4 amide bonds. The molecule has 1 rings (SSSR count). The third-order valence-electron chi connectivity index (χ3n) is 1.81. The van der Waals surface area contributed by atoms with Crippen LogP contribution in [0.4, 0.5) is 9.59 Å². The molecule has 1 saturated heterocycles. The molecule has 1 heterocycles. The van der Waals surface area contributed by atoms with Crippen molar-refractivity contribution in [3.8, 4) is 0 Å². The van der Waals surface area contributed by atoms with E-state index < -0.39 is 35.9 Å². The predicted octanol–water partition coefficient (Wildman–Crippen LogP) is -0.961. The highest BCUT2D eigenvalue weighted by molar-refractivity contribution is 6.06. The van der Waals surface area contributed by atoms with Gasteiger partial charge in [0, 0.05) is 0 Å². The number of hydrogen-bond donors (Lipinski definition) is 4. The van der Waals surface area contributed by atoms with Crippen LogP contribution < -0.4 is 16.0 Å². The van der Waals surface area contributed by atoms with Crippen LogP contribution in [0.15, 0.2) is 0 Å². The molecule has 96 valence electrons. The molecule has 0 bridgehead atoms. The highest BCUT2D eigenvalue weighted by atomic mass is 16.6. The second-order valence-electron chi connectivity index (χ2n) is 4.62. The van der Waals surface area contributed by atoms with Gasteiger partial charge in [-0.3, -0.25) is 10.1 Å². The first kappa shape index (κ1) is 13.2. The van der Waals surface area contributed by atoms with Crippen molar-refractivity contribution in [2.45, 2.75) is 32.1 Å². The number of aliphatic hydroxyl groups is 1. The molecule has 17 heavy (non-hydrogen) atoms. The lowest BCUT2D eigenvalue weighted by Gasteiger charge is -2.23. The molecule has 0 saturated carbocycles. The number of urea groups is 1. The number of hydrogen-bond acceptors (Lipinski definition) is 5. The second kappa shape index (κ2) is 4.21. The number of rotatable bonds is 2. The van der Waals surface area contributed by atoms with Crippen LogP contribution in [-0.2, 0) is 9.53 Å². The molecule has 8 nitrogen and oxygen atoms in total. The molecule has 4 N–H and O–H groups in total. The van der Waals surface area contributed by atoms with Gasteiger partial charge in [0.25, 0.3) is 5.91 Å². The van der Waals surface area contributed by atoms with Gasteiger partial charge in [0.05, 0.1) is 6.54 Å². The van der Waals surface area contributed by atoms with E-state index in [0.717, 1.165) is 0 Å². The SMILES string of the molecule is CC(C)(C)OC(=O)NC[C@@]1(O)NC(=O)NC1=O. The number of carbonyl (C=O) groups excluding carboxylic acids is 3. The van der Waals surface area contributed by atoms with E-state index in [9.17, 15) is 19.5 Å². The topological polar surface area (TPSA) is 117 Å². The number of amides is 4. The summed E-state index contributed by atoms with van der Waals surface area (Å²) >= 11 is 0. The van der Waals surface area contributed by atoms with Gasteiger partial charge >= 0.3 is 12.1 Å². The fourth-order valence-corrected chi connectivity index (χ4v) is 1.12. The van der Waals surface area contributed by atoms with Crippen LogP contribution in [0, 0.1) is 0 Å². The Morgan fingerprint density at radius 2 is 2.06 bits per heavy atom. The minimum Gasteiger partial charge on any atom is -0.444 e. The van der Waals surface area contributed by atoms with E-state index in [1.165, 1.54) is 0 Å². The summed E-state index contributed by atoms with van der Waals surface area (Å²) in [7, 11) is 0. The Morgan fingerprint density at radius 3 is 2.47 bits per heavy atom. The first-order valence-electron chi connectivity index (χ1n) is 4.95. The molecule has 0 unspecified atom stereocenters. The zero-order chi connectivity index (χ0) is 13.3. The van der Waals surface area contributed by atoms with Gasteiger partial charge in [-0.1, -0.05) is 0 Å². The van der Waals surface area contributed by atoms with E-state index in [-0.39, 0.29) is 0 Å². The van der Waals surface area contributed by atoms with E-state index in [1.54, 1.807) is 20.8 Å². The van der Waals surface area contributed by atoms with Crippen LogP contribution in [0.25, 0.3) is 0 Å². The maximum Gasteiger partial charge on any atom is 0.407 e. The predicted molar refractivity (Wildman–Crippen MR) is 55.9 cm³/mol. The molecule has 8 heteroatoms. The lowest BCUT2D eigenvalue weighted by atomic mass is 10.2. The summed E-state index contributed by atoms with van der Waals surface area (Å²) in [4.78, 5) is 33.2. The van der Waals surface area contributed by atoms with Gasteiger partial charge in [0.15, 0.2) is 0 Å². The van der Waals surface area contributed by atoms with Crippen LogP contribution in [0.3, 0.4) is 0 Å². The zero-order valence-electron chi connectivity index (χ0n) is 9.79. The molecule has 1 aliphatic heterocycles. The van der Waals surface area contributed by atoms with E-state index >= 15 is 0 Å². The fraction of sp³-hybridized carbons (Fsp3) is 0.667. The van der Waals surface area contributed by atoms with Crippen LogP contribution >= 0.6 is 0 Å². The number of nitrogens with one attached hydrogen (secondary N) is 3. The maximum absolute atomic E-state index is 11.3. The van der Waals surface area contributed by atoms with Crippen molar-refractivity contribution >= 4 is 18.0 Å². The van der Waals surface area contributed by atoms with Gasteiger partial charge in [0.1, 0.15) is 5.60 Å². The molecule has 0 aromatic carbocycles. The third kappa shape index (κ3) is 3.59. The third-order valence-corrected chi connectivity index (χ3v) is 1.81. The van der Waals surface area contributed by atoms with E-state index in [4.69, 9.17) is 4.74 Å². The quantitative estimate of drug-likeness (QED) is 0.467. The molecule has 0 spiro atoms. The summed E-state index contributed by atoms with van der Waals surface area (Å²) in [5, 5.41) is 15.7. The van der Waals surface area contributed by atoms with Gasteiger partial charge in [-0.25, -0.2) is 9.59 Å². The number of ether oxygens (including phenoxy) is 1. The van der Waals surface area contributed by atoms with Crippen LogP contribution in [0.2, 0.25) is 0 Å². The van der Waals surface area contributed by atoms with Crippen molar-refractivity contribution < 1.29 is 24.2 Å². The van der Waals surface area contributed by atoms with E-state index in [2.05, 4.69) is 5.32 Å². The molecule has 1 aliphatic rings. The Balaban J connectivity index is 2.48. The summed E-state index contributed by atoms with van der Waals surface area (Å²) in [6.45, 7) is 4.54. The molecule has 0 radical (unpaired) electrons. The average molecular weight is 245 g/mol. The molecule has 0 aliphatic carbocycles. The van der Waals surface area contributed by atoms with Crippen LogP contribution in [0.1, 0.15) is 20.8 Å². The Morgan fingerprint density at radius 1 is 1.47 bits per heavy atom. The molecule has 0 aromatic heterocycles. The first-order chi connectivity index (χ1) is 7.62. The number of alkyl carbamates (subject to hydrolysis) is 1. The fourth-order valence-electron chi connectivity index (χ4n) is 1.12. The van der Waals surface area contributed by atoms with E-state index in [1.807, 2.05) is 10.6 Å². The zero-order valence-corrected chi connectivity index (χ0v) is 9.79. The summed E-state index contributed by atoms with van der Waals surface area (Å²) in [6.07, 6.45) is -0.792. The summed E-state index contributed by atoms with van der Waals surface area (Å²) in [5.74, 6) is -0.918. The highest BCUT2D eigenvalue weighted by Crippen LogP contribution is 2.08. The summed E-state index contributed by atoms with van der Waals surface area (Å²) < 4.78 is 4.90. The smallest absolute Gasteiger partial charge is 0.407 e. The maximum atomic E-state index is 11.3. The van der Waals surface area contributed by atoms with Gasteiger partial charge in [-0.2, -0.15) is 0 Å². The normalized spacial score (nSPS) is 24.0. The standard InChI is InChI=1S/C9H15N3O5/c1-8(2,3)17-7(15)10-4-9(16)5(13)11-6(14)12-9/h16H,4H2,1-3H3,(H,10,15)(H2,11,12,13,14)/t9-/m0/s1. The molecular weight excluding hydrogens is 230 g/mol. The van der Waals surface area contributed by atoms with Crippen molar-refractivity contribution in [3.63, 3.8) is 0 Å². The second-order valence-corrected chi connectivity index (χ2v) is 4.62. The minimum absolute atomic E-state index is 0.473. The Kier molecular flexibility index (Phi) is 3.28. The van der Waals surface area contributed by atoms with Crippen molar-refractivity contribution in [2.75, 3.05) is 6.54 Å². The Labute approximate surface area is 97.7 Å². The molecular formula is C9H15N3O5. The van der Waals surface area contributed by atoms with E-state index in [0.29, 0.717) is 0 Å². The molecule has 1 fully saturated rings. The lowest BCUT2D eigenvalue weighted by molar-refractivity contribution is -0.136. The van der Waals surface area contributed by atoms with Gasteiger partial charge < -0.3 is 20.5 Å². The molecule has 0 aromatic rings. The number of carbonyl (C=O) groups is 3. The number of imide groups is 1. The van der Waals surface area contributed by atoms with Gasteiger partial charge in [-0.15, -0.1) is 0 Å². The molecule has 1 atom stereocenters. The van der Waals surface area contributed by atoms with Crippen LogP contribution in [0.5, 0.6) is 0 Å². The summed E-state index contributed by atoms with van der Waals surface area (Å²) in [5.41, 5.74) is -2.82. The van der Waals surface area contributed by atoms with Crippen molar-refractivity contribution in [1.29, 1.82) is 0 Å². The highest BCUT2D eigenvalue weighted by Gasteiger charge is 2.45. The van der Waals surface area contributed by atoms with Gasteiger partial charge in [0.2, 0.25) is 5.72 Å².